The van der Waals surface area contributed by atoms with Crippen molar-refractivity contribution < 1.29 is 22.7 Å². The number of alkyl halides is 3. The van der Waals surface area contributed by atoms with Crippen LogP contribution in [0.25, 0.3) is 0 Å². The largest absolute Gasteiger partial charge is 0.492 e. The fraction of sp³-hybridized carbons (Fsp3) is 0.316. The van der Waals surface area contributed by atoms with Crippen molar-refractivity contribution in [3.05, 3.63) is 64.2 Å². The molecule has 0 aliphatic carbocycles. The zero-order valence-electron chi connectivity index (χ0n) is 14.0. The first kappa shape index (κ1) is 18.6. The van der Waals surface area contributed by atoms with Crippen LogP contribution >= 0.6 is 11.6 Å². The monoisotopic (exact) mass is 383 g/mol. The topological polar surface area (TPSA) is 29.5 Å². The van der Waals surface area contributed by atoms with E-state index < -0.39 is 11.7 Å². The third-order valence-electron chi connectivity index (χ3n) is 4.36. The van der Waals surface area contributed by atoms with Crippen LogP contribution in [0, 0.1) is 5.92 Å². The Bertz CT molecular complexity index is 805. The highest BCUT2D eigenvalue weighted by molar-refractivity contribution is 6.30. The third-order valence-corrected chi connectivity index (χ3v) is 4.59. The van der Waals surface area contributed by atoms with E-state index in [1.54, 1.807) is 25.2 Å². The molecule has 2 aromatic carbocycles. The van der Waals surface area contributed by atoms with Crippen LogP contribution in [-0.4, -0.2) is 24.5 Å². The Morgan fingerprint density at radius 1 is 1.23 bits per heavy atom. The molecule has 1 amide bonds. The Balaban J connectivity index is 1.65. The molecule has 0 unspecified atom stereocenters. The van der Waals surface area contributed by atoms with Gasteiger partial charge in [0.2, 0.25) is 5.91 Å². The van der Waals surface area contributed by atoms with Gasteiger partial charge in [-0.15, -0.1) is 0 Å². The lowest BCUT2D eigenvalue weighted by Gasteiger charge is -2.28. The van der Waals surface area contributed by atoms with E-state index >= 15 is 0 Å². The van der Waals surface area contributed by atoms with Crippen LogP contribution in [-0.2, 0) is 23.9 Å². The highest BCUT2D eigenvalue weighted by Crippen LogP contribution is 2.31. The maximum atomic E-state index is 12.7. The number of carbonyl (C=O) groups is 1. The molecule has 7 heteroatoms. The maximum Gasteiger partial charge on any atom is 0.416 e. The lowest BCUT2D eigenvalue weighted by atomic mass is 9.95. The summed E-state index contributed by atoms with van der Waals surface area (Å²) < 4.78 is 43.5. The summed E-state index contributed by atoms with van der Waals surface area (Å²) in [5, 5.41) is 0.582. The summed E-state index contributed by atoms with van der Waals surface area (Å²) in [5.41, 5.74) is 0.809. The summed E-state index contributed by atoms with van der Waals surface area (Å²) in [6, 6.07) is 10.1. The van der Waals surface area contributed by atoms with E-state index in [0.717, 1.165) is 23.4 Å². The number of amides is 1. The van der Waals surface area contributed by atoms with Crippen LogP contribution in [0.3, 0.4) is 0 Å². The number of benzene rings is 2. The summed E-state index contributed by atoms with van der Waals surface area (Å²) in [6.45, 7) is 0.501. The summed E-state index contributed by atoms with van der Waals surface area (Å²) in [4.78, 5) is 14.2. The molecule has 0 spiro atoms. The van der Waals surface area contributed by atoms with Crippen LogP contribution in [0.2, 0.25) is 5.02 Å². The summed E-state index contributed by atoms with van der Waals surface area (Å²) >= 11 is 5.99. The van der Waals surface area contributed by atoms with Gasteiger partial charge in [0.15, 0.2) is 0 Å². The average molecular weight is 384 g/mol. The Morgan fingerprint density at radius 2 is 1.92 bits per heavy atom. The smallest absolute Gasteiger partial charge is 0.416 e. The highest BCUT2D eigenvalue weighted by atomic mass is 35.5. The number of rotatable bonds is 3. The first-order chi connectivity index (χ1) is 12.2. The first-order valence-corrected chi connectivity index (χ1v) is 8.44. The van der Waals surface area contributed by atoms with Gasteiger partial charge < -0.3 is 9.64 Å². The molecular formula is C19H17ClF3NO2. The molecule has 0 N–H and O–H groups in total. The molecule has 0 saturated carbocycles. The molecule has 138 valence electrons. The molecule has 26 heavy (non-hydrogen) atoms. The first-order valence-electron chi connectivity index (χ1n) is 8.06. The van der Waals surface area contributed by atoms with Crippen molar-refractivity contribution in [3.63, 3.8) is 0 Å². The summed E-state index contributed by atoms with van der Waals surface area (Å²) in [5.74, 6) is 0.264. The molecule has 0 bridgehead atoms. The maximum absolute atomic E-state index is 12.7. The standard InChI is InChI=1S/C19H17ClF3NO2/c1-24(10-12-2-4-15(5-3-12)19(21,22)23)18(25)14-8-13-9-16(20)6-7-17(13)26-11-14/h2-7,9,14H,8,10-11H2,1H3/t14-/m0/s1. The molecule has 0 fully saturated rings. The van der Waals surface area contributed by atoms with Crippen LogP contribution in [0.15, 0.2) is 42.5 Å². The molecule has 0 saturated heterocycles. The van der Waals surface area contributed by atoms with Crippen molar-refractivity contribution in [2.24, 2.45) is 5.92 Å². The second-order valence-corrected chi connectivity index (χ2v) is 6.79. The minimum Gasteiger partial charge on any atom is -0.492 e. The van der Waals surface area contributed by atoms with Gasteiger partial charge in [-0.1, -0.05) is 23.7 Å². The minimum atomic E-state index is -4.37. The van der Waals surface area contributed by atoms with E-state index in [0.29, 0.717) is 17.0 Å². The number of carbonyl (C=O) groups excluding carboxylic acids is 1. The summed E-state index contributed by atoms with van der Waals surface area (Å²) in [7, 11) is 1.63. The highest BCUT2D eigenvalue weighted by Gasteiger charge is 2.31. The molecule has 1 atom stereocenters. The van der Waals surface area contributed by atoms with Gasteiger partial charge in [0.1, 0.15) is 12.4 Å². The van der Waals surface area contributed by atoms with Gasteiger partial charge in [0.05, 0.1) is 11.5 Å². The minimum absolute atomic E-state index is 0.115. The second-order valence-electron chi connectivity index (χ2n) is 6.35. The Labute approximate surface area is 154 Å². The van der Waals surface area contributed by atoms with Crippen LogP contribution in [0.5, 0.6) is 5.75 Å². The van der Waals surface area contributed by atoms with Crippen LogP contribution in [0.4, 0.5) is 13.2 Å². The van der Waals surface area contributed by atoms with Crippen molar-refractivity contribution in [2.75, 3.05) is 13.7 Å². The average Bonchev–Trinajstić information content (AvgIpc) is 2.60. The Morgan fingerprint density at radius 3 is 2.58 bits per heavy atom. The molecule has 1 aliphatic heterocycles. The number of hydrogen-bond donors (Lipinski definition) is 0. The number of nitrogens with zero attached hydrogens (tertiary/aromatic N) is 1. The van der Waals surface area contributed by atoms with Crippen molar-refractivity contribution in [1.82, 2.24) is 4.90 Å². The third kappa shape index (κ3) is 4.12. The van der Waals surface area contributed by atoms with Gasteiger partial charge in [-0.25, -0.2) is 0 Å². The van der Waals surface area contributed by atoms with Gasteiger partial charge in [-0.05, 0) is 47.9 Å². The van der Waals surface area contributed by atoms with Crippen LogP contribution in [0.1, 0.15) is 16.7 Å². The molecule has 1 heterocycles. The predicted octanol–water partition coefficient (Wildman–Crippen LogP) is 4.57. The molecule has 0 aromatic heterocycles. The molecule has 3 nitrogen and oxygen atoms in total. The normalized spacial score (nSPS) is 16.6. The molecule has 1 aliphatic rings. The summed E-state index contributed by atoms with van der Waals surface area (Å²) in [6.07, 6.45) is -3.85. The van der Waals surface area contributed by atoms with Crippen molar-refractivity contribution in [2.45, 2.75) is 19.1 Å². The SMILES string of the molecule is CN(Cc1ccc(C(F)(F)F)cc1)C(=O)[C@@H]1COc2ccc(Cl)cc2C1. The fourth-order valence-electron chi connectivity index (χ4n) is 2.98. The lowest BCUT2D eigenvalue weighted by Crippen LogP contribution is -2.38. The van der Waals surface area contributed by atoms with Crippen molar-refractivity contribution in [3.8, 4) is 5.75 Å². The van der Waals surface area contributed by atoms with Crippen molar-refractivity contribution >= 4 is 17.5 Å². The zero-order valence-corrected chi connectivity index (χ0v) is 14.8. The number of hydrogen-bond acceptors (Lipinski definition) is 2. The lowest BCUT2D eigenvalue weighted by molar-refractivity contribution is -0.138. The van der Waals surface area contributed by atoms with E-state index in [2.05, 4.69) is 0 Å². The van der Waals surface area contributed by atoms with E-state index in [1.165, 1.54) is 17.0 Å². The van der Waals surface area contributed by atoms with Crippen molar-refractivity contribution in [1.29, 1.82) is 0 Å². The predicted molar refractivity (Wildman–Crippen MR) is 92.1 cm³/mol. The zero-order chi connectivity index (χ0) is 18.9. The molecular weight excluding hydrogens is 367 g/mol. The van der Waals surface area contributed by atoms with Gasteiger partial charge in [0.25, 0.3) is 0 Å². The van der Waals surface area contributed by atoms with E-state index in [-0.39, 0.29) is 25.0 Å². The number of ether oxygens (including phenoxy) is 1. The van der Waals surface area contributed by atoms with E-state index in [4.69, 9.17) is 16.3 Å². The quantitative estimate of drug-likeness (QED) is 0.777. The molecule has 2 aromatic rings. The second kappa shape index (κ2) is 7.19. The van der Waals surface area contributed by atoms with Gasteiger partial charge in [-0.3, -0.25) is 4.79 Å². The molecule has 3 rings (SSSR count). The van der Waals surface area contributed by atoms with Crippen LogP contribution < -0.4 is 4.74 Å². The van der Waals surface area contributed by atoms with Gasteiger partial charge in [0, 0.05) is 18.6 Å². The number of fused-ring (bicyclic) bond motifs is 1. The number of halogens is 4. The van der Waals surface area contributed by atoms with E-state index in [9.17, 15) is 18.0 Å². The van der Waals surface area contributed by atoms with Gasteiger partial charge >= 0.3 is 6.18 Å². The molecule has 0 radical (unpaired) electrons. The fourth-order valence-corrected chi connectivity index (χ4v) is 3.18. The Hall–Kier alpha value is -2.21. The van der Waals surface area contributed by atoms with Gasteiger partial charge in [-0.2, -0.15) is 13.2 Å². The Kier molecular flexibility index (Phi) is 5.14. The van der Waals surface area contributed by atoms with E-state index in [1.807, 2.05) is 0 Å².